The Hall–Kier alpha value is -0.930. The second kappa shape index (κ2) is 5.73. The lowest BCUT2D eigenvalue weighted by molar-refractivity contribution is 0.394. The van der Waals surface area contributed by atoms with E-state index >= 15 is 0 Å². The standard InChI is InChI=1S/C11H14O2S/c1-3-4-9-13-14(12)11-7-5-10(2)6-8-11/h3-8H,9H2,1-2H3/b4-3+/t14-/m0/s1. The van der Waals surface area contributed by atoms with Crippen LogP contribution in [0.5, 0.6) is 0 Å². The Bertz CT molecular complexity index is 328. The van der Waals surface area contributed by atoms with Crippen molar-refractivity contribution in [3.05, 3.63) is 42.0 Å². The van der Waals surface area contributed by atoms with Crippen molar-refractivity contribution in [1.82, 2.24) is 0 Å². The predicted molar refractivity (Wildman–Crippen MR) is 58.4 cm³/mol. The summed E-state index contributed by atoms with van der Waals surface area (Å²) in [6.45, 7) is 4.28. The maximum absolute atomic E-state index is 11.5. The largest absolute Gasteiger partial charge is 0.283 e. The van der Waals surface area contributed by atoms with E-state index in [2.05, 4.69) is 0 Å². The van der Waals surface area contributed by atoms with E-state index in [0.717, 1.165) is 5.56 Å². The van der Waals surface area contributed by atoms with E-state index in [4.69, 9.17) is 4.18 Å². The molecular formula is C11H14O2S. The molecule has 1 atom stereocenters. The van der Waals surface area contributed by atoms with Crippen LogP contribution in [0.2, 0.25) is 0 Å². The van der Waals surface area contributed by atoms with Crippen LogP contribution < -0.4 is 0 Å². The Balaban J connectivity index is 2.56. The quantitative estimate of drug-likeness (QED) is 0.714. The lowest BCUT2D eigenvalue weighted by Crippen LogP contribution is -1.97. The predicted octanol–water partition coefficient (Wildman–Crippen LogP) is 2.61. The van der Waals surface area contributed by atoms with Crippen molar-refractivity contribution in [1.29, 1.82) is 0 Å². The summed E-state index contributed by atoms with van der Waals surface area (Å²) in [4.78, 5) is 0.708. The van der Waals surface area contributed by atoms with Gasteiger partial charge in [-0.3, -0.25) is 4.18 Å². The molecule has 1 aromatic rings. The molecule has 0 amide bonds. The molecule has 0 aliphatic heterocycles. The smallest absolute Gasteiger partial charge is 0.189 e. The molecule has 0 bridgehead atoms. The molecule has 0 unspecified atom stereocenters. The van der Waals surface area contributed by atoms with Gasteiger partial charge in [-0.1, -0.05) is 29.8 Å². The summed E-state index contributed by atoms with van der Waals surface area (Å²) in [6.07, 6.45) is 3.69. The number of hydrogen-bond donors (Lipinski definition) is 0. The van der Waals surface area contributed by atoms with E-state index in [9.17, 15) is 4.21 Å². The molecule has 0 fully saturated rings. The van der Waals surface area contributed by atoms with Gasteiger partial charge in [-0.2, -0.15) is 0 Å². The molecule has 0 spiro atoms. The molecule has 14 heavy (non-hydrogen) atoms. The molecule has 0 saturated carbocycles. The van der Waals surface area contributed by atoms with Crippen LogP contribution in [0.1, 0.15) is 12.5 Å². The summed E-state index contributed by atoms with van der Waals surface area (Å²) in [5.74, 6) is 0. The lowest BCUT2D eigenvalue weighted by Gasteiger charge is -2.00. The van der Waals surface area contributed by atoms with Gasteiger partial charge in [0.25, 0.3) is 0 Å². The SMILES string of the molecule is C/C=C/CO[S@](=O)c1ccc(C)cc1. The lowest BCUT2D eigenvalue weighted by atomic mass is 10.2. The fourth-order valence-electron chi connectivity index (χ4n) is 0.915. The van der Waals surface area contributed by atoms with E-state index < -0.39 is 11.1 Å². The van der Waals surface area contributed by atoms with Crippen LogP contribution in [0.4, 0.5) is 0 Å². The first-order valence-corrected chi connectivity index (χ1v) is 5.54. The monoisotopic (exact) mass is 210 g/mol. The van der Waals surface area contributed by atoms with Gasteiger partial charge in [0.2, 0.25) is 0 Å². The van der Waals surface area contributed by atoms with Crippen LogP contribution in [0, 0.1) is 6.92 Å². The highest BCUT2D eigenvalue weighted by Gasteiger charge is 2.01. The molecule has 1 rings (SSSR count). The third kappa shape index (κ3) is 3.44. The van der Waals surface area contributed by atoms with Gasteiger partial charge in [-0.25, -0.2) is 4.21 Å². The molecule has 0 aliphatic rings. The molecule has 0 heterocycles. The highest BCUT2D eigenvalue weighted by molar-refractivity contribution is 7.80. The van der Waals surface area contributed by atoms with Crippen molar-refractivity contribution in [2.45, 2.75) is 18.7 Å². The Kier molecular flexibility index (Phi) is 4.56. The summed E-state index contributed by atoms with van der Waals surface area (Å²) in [7, 11) is 0. The molecular weight excluding hydrogens is 196 g/mol. The summed E-state index contributed by atoms with van der Waals surface area (Å²) in [5, 5.41) is 0. The minimum atomic E-state index is -1.34. The number of benzene rings is 1. The molecule has 0 aliphatic carbocycles. The zero-order valence-corrected chi connectivity index (χ0v) is 9.21. The van der Waals surface area contributed by atoms with Crippen molar-refractivity contribution < 1.29 is 8.39 Å². The summed E-state index contributed by atoms with van der Waals surface area (Å²) < 4.78 is 16.6. The van der Waals surface area contributed by atoms with Crippen LogP contribution in [0.15, 0.2) is 41.3 Å². The highest BCUT2D eigenvalue weighted by Crippen LogP contribution is 2.08. The van der Waals surface area contributed by atoms with E-state index in [1.807, 2.05) is 50.3 Å². The minimum absolute atomic E-state index is 0.386. The van der Waals surface area contributed by atoms with Gasteiger partial charge in [0.15, 0.2) is 11.1 Å². The topological polar surface area (TPSA) is 26.3 Å². The van der Waals surface area contributed by atoms with Crippen LogP contribution in [0.25, 0.3) is 0 Å². The zero-order chi connectivity index (χ0) is 10.4. The first-order valence-electron chi connectivity index (χ1n) is 4.47. The van der Waals surface area contributed by atoms with Crippen LogP contribution in [-0.4, -0.2) is 10.8 Å². The number of rotatable bonds is 4. The van der Waals surface area contributed by atoms with Gasteiger partial charge in [-0.15, -0.1) is 0 Å². The van der Waals surface area contributed by atoms with Crippen molar-refractivity contribution in [2.75, 3.05) is 6.61 Å². The zero-order valence-electron chi connectivity index (χ0n) is 8.40. The van der Waals surface area contributed by atoms with Gasteiger partial charge in [0.1, 0.15) is 0 Å². The average Bonchev–Trinajstić information content (AvgIpc) is 2.19. The van der Waals surface area contributed by atoms with Crippen LogP contribution >= 0.6 is 0 Å². The number of hydrogen-bond acceptors (Lipinski definition) is 2. The number of aryl methyl sites for hydroxylation is 1. The summed E-state index contributed by atoms with van der Waals surface area (Å²) >= 11 is -1.34. The summed E-state index contributed by atoms with van der Waals surface area (Å²) in [5.41, 5.74) is 1.15. The fraction of sp³-hybridized carbons (Fsp3) is 0.273. The first-order chi connectivity index (χ1) is 6.74. The van der Waals surface area contributed by atoms with Crippen molar-refractivity contribution >= 4 is 11.1 Å². The molecule has 0 aromatic heterocycles. The third-order valence-corrected chi connectivity index (χ3v) is 2.73. The van der Waals surface area contributed by atoms with E-state index in [1.54, 1.807) is 0 Å². The van der Waals surface area contributed by atoms with E-state index in [0.29, 0.717) is 11.5 Å². The Labute approximate surface area is 87.3 Å². The van der Waals surface area contributed by atoms with Gasteiger partial charge < -0.3 is 0 Å². The van der Waals surface area contributed by atoms with Crippen molar-refractivity contribution in [3.8, 4) is 0 Å². The maximum atomic E-state index is 11.5. The second-order valence-electron chi connectivity index (χ2n) is 2.90. The molecule has 1 aromatic carbocycles. The van der Waals surface area contributed by atoms with Crippen LogP contribution in [0.3, 0.4) is 0 Å². The molecule has 2 nitrogen and oxygen atoms in total. The molecule has 0 saturated heterocycles. The first kappa shape index (κ1) is 11.1. The van der Waals surface area contributed by atoms with Gasteiger partial charge in [0.05, 0.1) is 11.5 Å². The minimum Gasteiger partial charge on any atom is -0.283 e. The van der Waals surface area contributed by atoms with Crippen molar-refractivity contribution in [2.24, 2.45) is 0 Å². The van der Waals surface area contributed by atoms with Crippen LogP contribution in [-0.2, 0) is 15.3 Å². The van der Waals surface area contributed by atoms with Crippen molar-refractivity contribution in [3.63, 3.8) is 0 Å². The summed E-state index contributed by atoms with van der Waals surface area (Å²) in [6, 6.07) is 7.49. The van der Waals surface area contributed by atoms with E-state index in [-0.39, 0.29) is 0 Å². The molecule has 3 heteroatoms. The molecule has 76 valence electrons. The van der Waals surface area contributed by atoms with Gasteiger partial charge in [-0.05, 0) is 26.0 Å². The second-order valence-corrected chi connectivity index (χ2v) is 4.08. The Morgan fingerprint density at radius 3 is 2.57 bits per heavy atom. The third-order valence-electron chi connectivity index (χ3n) is 1.72. The Morgan fingerprint density at radius 2 is 2.00 bits per heavy atom. The average molecular weight is 210 g/mol. The van der Waals surface area contributed by atoms with Gasteiger partial charge >= 0.3 is 0 Å². The van der Waals surface area contributed by atoms with Gasteiger partial charge in [0, 0.05) is 0 Å². The Morgan fingerprint density at radius 1 is 1.36 bits per heavy atom. The highest BCUT2D eigenvalue weighted by atomic mass is 32.2. The number of allylic oxidation sites excluding steroid dienone is 1. The fourth-order valence-corrected chi connectivity index (χ4v) is 1.61. The normalized spacial score (nSPS) is 13.3. The molecule has 0 N–H and O–H groups in total. The molecule has 0 radical (unpaired) electrons. The van der Waals surface area contributed by atoms with E-state index in [1.165, 1.54) is 0 Å². The maximum Gasteiger partial charge on any atom is 0.189 e.